The van der Waals surface area contributed by atoms with Gasteiger partial charge in [0.2, 0.25) is 0 Å². The molecule has 0 bridgehead atoms. The molecular weight excluding hydrogens is 360 g/mol. The van der Waals surface area contributed by atoms with Crippen molar-refractivity contribution in [1.29, 1.82) is 0 Å². The average molecular weight is 381 g/mol. The summed E-state index contributed by atoms with van der Waals surface area (Å²) in [7, 11) is 1.64. The summed E-state index contributed by atoms with van der Waals surface area (Å²) in [6, 6.07) is 23.0. The Morgan fingerprint density at radius 3 is 2.04 bits per heavy atom. The minimum atomic E-state index is -0.443. The predicted octanol–water partition coefficient (Wildman–Crippen LogP) is 4.65. The van der Waals surface area contributed by atoms with E-state index in [4.69, 9.17) is 22.1 Å². The van der Waals surface area contributed by atoms with Crippen molar-refractivity contribution >= 4 is 23.2 Å². The van der Waals surface area contributed by atoms with E-state index in [0.29, 0.717) is 23.7 Å². The van der Waals surface area contributed by atoms with Crippen molar-refractivity contribution in [3.8, 4) is 5.75 Å². The Hall–Kier alpha value is -2.98. The van der Waals surface area contributed by atoms with Crippen LogP contribution in [0.5, 0.6) is 5.75 Å². The van der Waals surface area contributed by atoms with Crippen molar-refractivity contribution in [1.82, 2.24) is 0 Å². The molecule has 0 saturated carbocycles. The van der Waals surface area contributed by atoms with Crippen LogP contribution in [0.1, 0.15) is 21.5 Å². The number of amides is 1. The lowest BCUT2D eigenvalue weighted by molar-refractivity contribution is 0.100. The first kappa shape index (κ1) is 18.8. The van der Waals surface area contributed by atoms with E-state index in [-0.39, 0.29) is 0 Å². The molecule has 0 saturated heterocycles. The molecular formula is C22H21ClN2O2. The van der Waals surface area contributed by atoms with Gasteiger partial charge in [-0.1, -0.05) is 48.0 Å². The van der Waals surface area contributed by atoms with E-state index in [1.807, 2.05) is 66.7 Å². The summed E-state index contributed by atoms with van der Waals surface area (Å²) >= 11 is 6.00. The van der Waals surface area contributed by atoms with Crippen LogP contribution in [-0.4, -0.2) is 13.0 Å². The second-order valence-corrected chi connectivity index (χ2v) is 6.65. The van der Waals surface area contributed by atoms with Gasteiger partial charge in [-0.15, -0.1) is 0 Å². The number of benzene rings is 3. The lowest BCUT2D eigenvalue weighted by Gasteiger charge is -2.27. The fourth-order valence-corrected chi connectivity index (χ4v) is 3.07. The van der Waals surface area contributed by atoms with E-state index in [9.17, 15) is 4.79 Å². The number of carbonyl (C=O) groups is 1. The molecule has 3 aromatic carbocycles. The van der Waals surface area contributed by atoms with E-state index in [1.165, 1.54) is 0 Å². The Labute approximate surface area is 164 Å². The normalized spacial score (nSPS) is 10.4. The number of nitrogens with two attached hydrogens (primary N) is 1. The third-order valence-electron chi connectivity index (χ3n) is 4.33. The van der Waals surface area contributed by atoms with Crippen LogP contribution in [0, 0.1) is 0 Å². The number of methoxy groups -OCH3 is 1. The molecule has 5 heteroatoms. The Balaban J connectivity index is 1.95. The van der Waals surface area contributed by atoms with Crippen LogP contribution in [0.2, 0.25) is 5.02 Å². The maximum Gasteiger partial charge on any atom is 0.250 e. The molecule has 0 aromatic heterocycles. The second-order valence-electron chi connectivity index (χ2n) is 6.21. The molecule has 3 rings (SSSR count). The molecule has 0 heterocycles. The standard InChI is InChI=1S/C22H21ClN2O2/c1-27-19-12-8-17(9-13-19)15-25(14-16-6-10-18(23)11-7-16)21-5-3-2-4-20(21)22(24)26/h2-13H,14-15H2,1H3,(H2,24,26). The third-order valence-corrected chi connectivity index (χ3v) is 4.58. The summed E-state index contributed by atoms with van der Waals surface area (Å²) in [5, 5.41) is 0.693. The van der Waals surface area contributed by atoms with Gasteiger partial charge in [-0.3, -0.25) is 4.79 Å². The summed E-state index contributed by atoms with van der Waals surface area (Å²) in [6.45, 7) is 1.24. The van der Waals surface area contributed by atoms with Gasteiger partial charge < -0.3 is 15.4 Å². The van der Waals surface area contributed by atoms with Gasteiger partial charge in [0.05, 0.1) is 18.4 Å². The Morgan fingerprint density at radius 2 is 1.48 bits per heavy atom. The molecule has 0 aliphatic heterocycles. The van der Waals surface area contributed by atoms with Gasteiger partial charge in [0, 0.05) is 18.1 Å². The first-order valence-corrected chi connectivity index (χ1v) is 8.96. The van der Waals surface area contributed by atoms with Crippen LogP contribution < -0.4 is 15.4 Å². The Morgan fingerprint density at radius 1 is 0.926 bits per heavy atom. The lowest BCUT2D eigenvalue weighted by Crippen LogP contribution is -2.25. The summed E-state index contributed by atoms with van der Waals surface area (Å²) in [6.07, 6.45) is 0. The van der Waals surface area contributed by atoms with Crippen molar-refractivity contribution in [3.05, 3.63) is 94.5 Å². The number of para-hydroxylation sites is 1. The molecule has 138 valence electrons. The maximum atomic E-state index is 11.9. The number of rotatable bonds is 7. The maximum absolute atomic E-state index is 11.9. The molecule has 0 unspecified atom stereocenters. The number of halogens is 1. The van der Waals surface area contributed by atoms with Gasteiger partial charge in [-0.05, 0) is 47.5 Å². The van der Waals surface area contributed by atoms with Crippen LogP contribution in [0.4, 0.5) is 5.69 Å². The number of primary amides is 1. The number of hydrogen-bond donors (Lipinski definition) is 1. The molecule has 27 heavy (non-hydrogen) atoms. The van der Waals surface area contributed by atoms with E-state index in [2.05, 4.69) is 4.90 Å². The molecule has 0 spiro atoms. The highest BCUT2D eigenvalue weighted by Crippen LogP contribution is 2.25. The molecule has 0 aliphatic rings. The van der Waals surface area contributed by atoms with Crippen molar-refractivity contribution in [2.75, 3.05) is 12.0 Å². The zero-order valence-electron chi connectivity index (χ0n) is 15.1. The number of hydrogen-bond acceptors (Lipinski definition) is 3. The number of ether oxygens (including phenoxy) is 1. The highest BCUT2D eigenvalue weighted by Gasteiger charge is 2.15. The highest BCUT2D eigenvalue weighted by atomic mass is 35.5. The number of carbonyl (C=O) groups excluding carboxylic acids is 1. The topological polar surface area (TPSA) is 55.6 Å². The smallest absolute Gasteiger partial charge is 0.250 e. The average Bonchev–Trinajstić information content (AvgIpc) is 2.69. The van der Waals surface area contributed by atoms with Gasteiger partial charge in [-0.25, -0.2) is 0 Å². The van der Waals surface area contributed by atoms with Gasteiger partial charge in [-0.2, -0.15) is 0 Å². The summed E-state index contributed by atoms with van der Waals surface area (Å²) in [5.41, 5.74) is 9.09. The zero-order valence-corrected chi connectivity index (χ0v) is 15.8. The molecule has 0 fully saturated rings. The van der Waals surface area contributed by atoms with Crippen molar-refractivity contribution in [3.63, 3.8) is 0 Å². The van der Waals surface area contributed by atoms with E-state index in [1.54, 1.807) is 13.2 Å². The summed E-state index contributed by atoms with van der Waals surface area (Å²) in [5.74, 6) is 0.363. The van der Waals surface area contributed by atoms with Gasteiger partial charge in [0.1, 0.15) is 5.75 Å². The molecule has 1 amide bonds. The molecule has 0 atom stereocenters. The fourth-order valence-electron chi connectivity index (χ4n) is 2.95. The van der Waals surface area contributed by atoms with Crippen LogP contribution in [0.3, 0.4) is 0 Å². The first-order valence-electron chi connectivity index (χ1n) is 8.58. The fraction of sp³-hybridized carbons (Fsp3) is 0.136. The van der Waals surface area contributed by atoms with E-state index < -0.39 is 5.91 Å². The second kappa shape index (κ2) is 8.60. The molecule has 4 nitrogen and oxygen atoms in total. The van der Waals surface area contributed by atoms with Crippen molar-refractivity contribution < 1.29 is 9.53 Å². The summed E-state index contributed by atoms with van der Waals surface area (Å²) in [4.78, 5) is 14.1. The highest BCUT2D eigenvalue weighted by molar-refractivity contribution is 6.30. The van der Waals surface area contributed by atoms with Crippen molar-refractivity contribution in [2.24, 2.45) is 5.73 Å². The van der Waals surface area contributed by atoms with E-state index in [0.717, 1.165) is 22.6 Å². The SMILES string of the molecule is COc1ccc(CN(Cc2ccc(Cl)cc2)c2ccccc2C(N)=O)cc1. The predicted molar refractivity (Wildman–Crippen MR) is 109 cm³/mol. The van der Waals surface area contributed by atoms with Gasteiger partial charge in [0.25, 0.3) is 5.91 Å². The molecule has 0 radical (unpaired) electrons. The van der Waals surface area contributed by atoms with Gasteiger partial charge >= 0.3 is 0 Å². The van der Waals surface area contributed by atoms with Crippen LogP contribution in [0.15, 0.2) is 72.8 Å². The van der Waals surface area contributed by atoms with Crippen LogP contribution in [0.25, 0.3) is 0 Å². The minimum Gasteiger partial charge on any atom is -0.497 e. The quantitative estimate of drug-likeness (QED) is 0.648. The van der Waals surface area contributed by atoms with Crippen LogP contribution in [-0.2, 0) is 13.1 Å². The first-order chi connectivity index (χ1) is 13.1. The largest absolute Gasteiger partial charge is 0.497 e. The lowest BCUT2D eigenvalue weighted by atomic mass is 10.1. The monoisotopic (exact) mass is 380 g/mol. The van der Waals surface area contributed by atoms with Crippen LogP contribution >= 0.6 is 11.6 Å². The Kier molecular flexibility index (Phi) is 5.99. The number of anilines is 1. The molecule has 2 N–H and O–H groups in total. The van der Waals surface area contributed by atoms with Gasteiger partial charge in [0.15, 0.2) is 0 Å². The Bertz CT molecular complexity index is 908. The van der Waals surface area contributed by atoms with Crippen molar-refractivity contribution in [2.45, 2.75) is 13.1 Å². The number of nitrogens with zero attached hydrogens (tertiary/aromatic N) is 1. The van der Waals surface area contributed by atoms with E-state index >= 15 is 0 Å². The molecule has 3 aromatic rings. The zero-order chi connectivity index (χ0) is 19.2. The molecule has 0 aliphatic carbocycles. The minimum absolute atomic E-state index is 0.443. The summed E-state index contributed by atoms with van der Waals surface area (Å²) < 4.78 is 5.23. The third kappa shape index (κ3) is 4.80.